The highest BCUT2D eigenvalue weighted by Crippen LogP contribution is 2.41. The number of hydrogen-bond donors (Lipinski definition) is 1. The first-order valence-corrected chi connectivity index (χ1v) is 6.32. The number of carbonyl (C=O) groups is 1. The Morgan fingerprint density at radius 1 is 1.12 bits per heavy atom. The molecule has 4 nitrogen and oxygen atoms in total. The van der Waals surface area contributed by atoms with Gasteiger partial charge < -0.3 is 14.8 Å². The molecule has 3 aliphatic rings. The van der Waals surface area contributed by atoms with Crippen molar-refractivity contribution >= 4 is 5.91 Å². The van der Waals surface area contributed by atoms with E-state index in [-0.39, 0.29) is 11.7 Å². The molecule has 2 heterocycles. The third kappa shape index (κ3) is 1.84. The van der Waals surface area contributed by atoms with Crippen LogP contribution in [0.15, 0.2) is 0 Å². The summed E-state index contributed by atoms with van der Waals surface area (Å²) < 4.78 is 11.4. The number of ether oxygens (including phenoxy) is 2. The van der Waals surface area contributed by atoms with E-state index in [1.54, 1.807) is 0 Å². The van der Waals surface area contributed by atoms with E-state index in [9.17, 15) is 4.79 Å². The monoisotopic (exact) mass is 225 g/mol. The molecule has 16 heavy (non-hydrogen) atoms. The van der Waals surface area contributed by atoms with E-state index in [2.05, 4.69) is 5.32 Å². The summed E-state index contributed by atoms with van der Waals surface area (Å²) >= 11 is 0. The Morgan fingerprint density at radius 3 is 2.38 bits per heavy atom. The van der Waals surface area contributed by atoms with Crippen LogP contribution in [0, 0.1) is 11.8 Å². The van der Waals surface area contributed by atoms with E-state index in [0.29, 0.717) is 11.8 Å². The van der Waals surface area contributed by atoms with Crippen LogP contribution in [0.4, 0.5) is 0 Å². The molecule has 1 unspecified atom stereocenters. The number of carbonyl (C=O) groups excluding carboxylic acids is 1. The van der Waals surface area contributed by atoms with E-state index >= 15 is 0 Å². The Bertz CT molecular complexity index is 276. The molecule has 0 radical (unpaired) electrons. The van der Waals surface area contributed by atoms with E-state index < -0.39 is 0 Å². The first kappa shape index (κ1) is 10.5. The zero-order valence-electron chi connectivity index (χ0n) is 9.54. The van der Waals surface area contributed by atoms with Crippen LogP contribution in [0.2, 0.25) is 0 Å². The van der Waals surface area contributed by atoms with Gasteiger partial charge in [0.1, 0.15) is 0 Å². The molecule has 2 aliphatic heterocycles. The molecule has 3 fully saturated rings. The van der Waals surface area contributed by atoms with Gasteiger partial charge in [0.25, 0.3) is 0 Å². The average Bonchev–Trinajstić information content (AvgIpc) is 2.90. The van der Waals surface area contributed by atoms with Gasteiger partial charge in [-0.15, -0.1) is 0 Å². The highest BCUT2D eigenvalue weighted by Gasteiger charge is 2.42. The summed E-state index contributed by atoms with van der Waals surface area (Å²) in [5, 5.41) is 2.93. The topological polar surface area (TPSA) is 47.6 Å². The third-order valence-electron chi connectivity index (χ3n) is 4.28. The first-order chi connectivity index (χ1) is 7.77. The van der Waals surface area contributed by atoms with Gasteiger partial charge in [-0.2, -0.15) is 0 Å². The smallest absolute Gasteiger partial charge is 0.220 e. The number of hydrogen-bond acceptors (Lipinski definition) is 3. The van der Waals surface area contributed by atoms with Crippen molar-refractivity contribution in [2.75, 3.05) is 19.8 Å². The second-order valence-electron chi connectivity index (χ2n) is 5.21. The standard InChI is InChI=1S/C12H19NO3/c14-11-7-10(8-13-11)9-1-3-12(4-2-9)15-5-6-16-12/h9-10H,1-8H2,(H,13,14). The minimum absolute atomic E-state index is 0.221. The van der Waals surface area contributed by atoms with Gasteiger partial charge in [-0.05, 0) is 24.7 Å². The van der Waals surface area contributed by atoms with Crippen molar-refractivity contribution in [1.82, 2.24) is 5.32 Å². The lowest BCUT2D eigenvalue weighted by Crippen LogP contribution is -2.37. The van der Waals surface area contributed by atoms with Crippen LogP contribution >= 0.6 is 0 Å². The molecular weight excluding hydrogens is 206 g/mol. The molecule has 1 saturated carbocycles. The predicted molar refractivity (Wildman–Crippen MR) is 57.7 cm³/mol. The van der Waals surface area contributed by atoms with Crippen molar-refractivity contribution in [2.45, 2.75) is 37.9 Å². The Balaban J connectivity index is 1.56. The lowest BCUT2D eigenvalue weighted by molar-refractivity contribution is -0.184. The van der Waals surface area contributed by atoms with Crippen molar-refractivity contribution < 1.29 is 14.3 Å². The van der Waals surface area contributed by atoms with Crippen LogP contribution in [-0.4, -0.2) is 31.5 Å². The summed E-state index contributed by atoms with van der Waals surface area (Å²) in [4.78, 5) is 11.2. The summed E-state index contributed by atoms with van der Waals surface area (Å²) in [5.41, 5.74) is 0. The summed E-state index contributed by atoms with van der Waals surface area (Å²) in [6.07, 6.45) is 5.00. The van der Waals surface area contributed by atoms with Gasteiger partial charge in [0.05, 0.1) is 13.2 Å². The van der Waals surface area contributed by atoms with Gasteiger partial charge in [-0.25, -0.2) is 0 Å². The second-order valence-corrected chi connectivity index (χ2v) is 5.21. The summed E-state index contributed by atoms with van der Waals surface area (Å²) in [6.45, 7) is 2.36. The maximum Gasteiger partial charge on any atom is 0.220 e. The van der Waals surface area contributed by atoms with Gasteiger partial charge in [-0.3, -0.25) is 4.79 Å². The molecule has 0 aromatic rings. The molecule has 0 bridgehead atoms. The summed E-state index contributed by atoms with van der Waals surface area (Å²) in [5.74, 6) is 1.19. The van der Waals surface area contributed by atoms with Crippen LogP contribution in [0.5, 0.6) is 0 Å². The van der Waals surface area contributed by atoms with Crippen LogP contribution in [0.3, 0.4) is 0 Å². The van der Waals surface area contributed by atoms with Gasteiger partial charge in [0.2, 0.25) is 5.91 Å². The van der Waals surface area contributed by atoms with Crippen molar-refractivity contribution in [3.8, 4) is 0 Å². The van der Waals surface area contributed by atoms with Crippen LogP contribution < -0.4 is 5.32 Å². The Labute approximate surface area is 95.7 Å². The largest absolute Gasteiger partial charge is 0.356 e. The SMILES string of the molecule is O=C1CC(C2CCC3(CC2)OCCO3)CN1. The fourth-order valence-corrected chi connectivity index (χ4v) is 3.30. The summed E-state index contributed by atoms with van der Waals surface area (Å²) in [7, 11) is 0. The molecular formula is C12H19NO3. The molecule has 1 N–H and O–H groups in total. The molecule has 1 amide bonds. The average molecular weight is 225 g/mol. The number of amides is 1. The molecule has 0 aromatic heterocycles. The maximum absolute atomic E-state index is 11.2. The zero-order valence-corrected chi connectivity index (χ0v) is 9.54. The van der Waals surface area contributed by atoms with Gasteiger partial charge in [0.15, 0.2) is 5.79 Å². The van der Waals surface area contributed by atoms with Crippen LogP contribution in [0.1, 0.15) is 32.1 Å². The van der Waals surface area contributed by atoms with Crippen molar-refractivity contribution in [1.29, 1.82) is 0 Å². The lowest BCUT2D eigenvalue weighted by Gasteiger charge is -2.37. The van der Waals surface area contributed by atoms with Crippen LogP contribution in [-0.2, 0) is 14.3 Å². The molecule has 1 atom stereocenters. The predicted octanol–water partition coefficient (Wildman–Crippen LogP) is 1.06. The van der Waals surface area contributed by atoms with E-state index in [0.717, 1.165) is 51.9 Å². The van der Waals surface area contributed by atoms with E-state index in [4.69, 9.17) is 9.47 Å². The molecule has 2 saturated heterocycles. The summed E-state index contributed by atoms with van der Waals surface area (Å²) in [6, 6.07) is 0. The highest BCUT2D eigenvalue weighted by atomic mass is 16.7. The number of rotatable bonds is 1. The Kier molecular flexibility index (Phi) is 2.64. The Morgan fingerprint density at radius 2 is 1.81 bits per heavy atom. The molecule has 0 aromatic carbocycles. The van der Waals surface area contributed by atoms with Gasteiger partial charge in [0, 0.05) is 25.8 Å². The zero-order chi connectivity index (χ0) is 11.0. The Hall–Kier alpha value is -0.610. The second kappa shape index (κ2) is 4.00. The normalized spacial score (nSPS) is 34.5. The minimum atomic E-state index is -0.257. The molecule has 1 spiro atoms. The minimum Gasteiger partial charge on any atom is -0.356 e. The number of nitrogens with one attached hydrogen (secondary N) is 1. The lowest BCUT2D eigenvalue weighted by atomic mass is 9.77. The molecule has 1 aliphatic carbocycles. The fraction of sp³-hybridized carbons (Fsp3) is 0.917. The van der Waals surface area contributed by atoms with E-state index in [1.807, 2.05) is 0 Å². The molecule has 4 heteroatoms. The molecule has 3 rings (SSSR count). The quantitative estimate of drug-likeness (QED) is 0.725. The first-order valence-electron chi connectivity index (χ1n) is 6.32. The van der Waals surface area contributed by atoms with Crippen molar-refractivity contribution in [3.05, 3.63) is 0 Å². The molecule has 90 valence electrons. The van der Waals surface area contributed by atoms with Crippen molar-refractivity contribution in [3.63, 3.8) is 0 Å². The maximum atomic E-state index is 11.2. The van der Waals surface area contributed by atoms with Gasteiger partial charge in [-0.1, -0.05) is 0 Å². The van der Waals surface area contributed by atoms with Gasteiger partial charge >= 0.3 is 0 Å². The highest BCUT2D eigenvalue weighted by molar-refractivity contribution is 5.78. The van der Waals surface area contributed by atoms with E-state index in [1.165, 1.54) is 0 Å². The van der Waals surface area contributed by atoms with Crippen molar-refractivity contribution in [2.24, 2.45) is 11.8 Å². The van der Waals surface area contributed by atoms with Crippen LogP contribution in [0.25, 0.3) is 0 Å². The third-order valence-corrected chi connectivity index (χ3v) is 4.28. The fourth-order valence-electron chi connectivity index (χ4n) is 3.30.